The maximum atomic E-state index is 9.80. The molecule has 1 saturated carbocycles. The van der Waals surface area contributed by atoms with Crippen molar-refractivity contribution in [1.82, 2.24) is 0 Å². The highest BCUT2D eigenvalue weighted by Gasteiger charge is 2.38. The highest BCUT2D eigenvalue weighted by molar-refractivity contribution is 5.45. The summed E-state index contributed by atoms with van der Waals surface area (Å²) in [6.07, 6.45) is 1.13. The number of aromatic hydroxyl groups is 1. The van der Waals surface area contributed by atoms with Crippen molar-refractivity contribution in [2.24, 2.45) is 11.7 Å². The molecule has 1 aromatic rings. The van der Waals surface area contributed by atoms with Crippen LogP contribution in [0.15, 0.2) is 12.1 Å². The molecule has 1 fully saturated rings. The Labute approximate surface area is 84.7 Å². The van der Waals surface area contributed by atoms with E-state index in [1.54, 1.807) is 0 Å². The van der Waals surface area contributed by atoms with Gasteiger partial charge in [0, 0.05) is 0 Å². The van der Waals surface area contributed by atoms with E-state index in [9.17, 15) is 5.11 Å². The SMILES string of the molecule is Cc1cc(O)c([C@@H]2C[C@H]2CN)cc1C. The van der Waals surface area contributed by atoms with Crippen molar-refractivity contribution in [1.29, 1.82) is 0 Å². The highest BCUT2D eigenvalue weighted by atomic mass is 16.3. The van der Waals surface area contributed by atoms with Crippen LogP contribution in [0.3, 0.4) is 0 Å². The lowest BCUT2D eigenvalue weighted by Gasteiger charge is -2.07. The van der Waals surface area contributed by atoms with Gasteiger partial charge in [-0.25, -0.2) is 0 Å². The van der Waals surface area contributed by atoms with Crippen LogP contribution in [0.25, 0.3) is 0 Å². The van der Waals surface area contributed by atoms with Crippen molar-refractivity contribution in [3.05, 3.63) is 28.8 Å². The van der Waals surface area contributed by atoms with Crippen molar-refractivity contribution < 1.29 is 5.11 Å². The number of nitrogens with two attached hydrogens (primary N) is 1. The van der Waals surface area contributed by atoms with E-state index in [1.807, 2.05) is 13.0 Å². The Morgan fingerprint density at radius 1 is 1.36 bits per heavy atom. The summed E-state index contributed by atoms with van der Waals surface area (Å²) >= 11 is 0. The quantitative estimate of drug-likeness (QED) is 0.751. The van der Waals surface area contributed by atoms with Crippen molar-refractivity contribution in [3.63, 3.8) is 0 Å². The molecule has 1 aliphatic rings. The van der Waals surface area contributed by atoms with Crippen molar-refractivity contribution in [3.8, 4) is 5.75 Å². The monoisotopic (exact) mass is 191 g/mol. The number of phenolic OH excluding ortho intramolecular Hbond substituents is 1. The molecule has 2 rings (SSSR count). The normalized spacial score (nSPS) is 25.1. The van der Waals surface area contributed by atoms with Gasteiger partial charge in [0.15, 0.2) is 0 Å². The predicted octanol–water partition coefficient (Wildman–Crippen LogP) is 2.07. The lowest BCUT2D eigenvalue weighted by Crippen LogP contribution is -2.02. The van der Waals surface area contributed by atoms with Gasteiger partial charge in [0.1, 0.15) is 5.75 Å². The van der Waals surface area contributed by atoms with Crippen LogP contribution in [0.1, 0.15) is 29.0 Å². The van der Waals surface area contributed by atoms with Crippen LogP contribution in [0.2, 0.25) is 0 Å². The number of phenols is 1. The Morgan fingerprint density at radius 2 is 2.00 bits per heavy atom. The van der Waals surface area contributed by atoms with E-state index < -0.39 is 0 Å². The lowest BCUT2D eigenvalue weighted by molar-refractivity contribution is 0.466. The Bertz CT molecular complexity index is 360. The van der Waals surface area contributed by atoms with Gasteiger partial charge in [-0.3, -0.25) is 0 Å². The van der Waals surface area contributed by atoms with Crippen molar-refractivity contribution in [2.45, 2.75) is 26.2 Å². The Balaban J connectivity index is 2.31. The van der Waals surface area contributed by atoms with E-state index in [0.29, 0.717) is 17.6 Å². The predicted molar refractivity (Wildman–Crippen MR) is 57.5 cm³/mol. The molecular formula is C12H17NO. The van der Waals surface area contributed by atoms with Crippen molar-refractivity contribution >= 4 is 0 Å². The molecule has 0 spiro atoms. The fourth-order valence-corrected chi connectivity index (χ4v) is 2.01. The van der Waals surface area contributed by atoms with Gasteiger partial charge in [0.25, 0.3) is 0 Å². The van der Waals surface area contributed by atoms with Crippen LogP contribution in [0.4, 0.5) is 0 Å². The summed E-state index contributed by atoms with van der Waals surface area (Å²) in [6, 6.07) is 3.96. The third-order valence-corrected chi connectivity index (χ3v) is 3.27. The zero-order valence-corrected chi connectivity index (χ0v) is 8.75. The van der Waals surface area contributed by atoms with E-state index in [2.05, 4.69) is 13.0 Å². The van der Waals surface area contributed by atoms with E-state index in [-0.39, 0.29) is 0 Å². The molecule has 2 atom stereocenters. The topological polar surface area (TPSA) is 46.2 Å². The van der Waals surface area contributed by atoms with Crippen LogP contribution in [0.5, 0.6) is 5.75 Å². The fourth-order valence-electron chi connectivity index (χ4n) is 2.01. The van der Waals surface area contributed by atoms with Gasteiger partial charge in [0.05, 0.1) is 0 Å². The van der Waals surface area contributed by atoms with Crippen LogP contribution < -0.4 is 5.73 Å². The minimum Gasteiger partial charge on any atom is -0.508 e. The van der Waals surface area contributed by atoms with Crippen LogP contribution in [0, 0.1) is 19.8 Å². The Hall–Kier alpha value is -1.02. The first-order chi connectivity index (χ1) is 6.63. The maximum absolute atomic E-state index is 9.80. The first-order valence-electron chi connectivity index (χ1n) is 5.13. The zero-order valence-electron chi connectivity index (χ0n) is 8.75. The zero-order chi connectivity index (χ0) is 10.3. The molecule has 0 amide bonds. The summed E-state index contributed by atoms with van der Waals surface area (Å²) in [4.78, 5) is 0. The molecule has 3 N–H and O–H groups in total. The first-order valence-corrected chi connectivity index (χ1v) is 5.13. The van der Waals surface area contributed by atoms with E-state index in [1.165, 1.54) is 5.56 Å². The molecule has 0 aliphatic heterocycles. The van der Waals surface area contributed by atoms with E-state index in [4.69, 9.17) is 5.73 Å². The molecule has 76 valence electrons. The number of benzene rings is 1. The van der Waals surface area contributed by atoms with Crippen LogP contribution >= 0.6 is 0 Å². The third kappa shape index (κ3) is 1.50. The standard InChI is InChI=1S/C12H17NO/c1-7-3-11(10-5-9(10)6-13)12(14)4-8(7)2/h3-4,9-10,14H,5-6,13H2,1-2H3/t9-,10+/m0/s1. The van der Waals surface area contributed by atoms with Gasteiger partial charge in [0.2, 0.25) is 0 Å². The highest BCUT2D eigenvalue weighted by Crippen LogP contribution is 2.49. The first kappa shape index (κ1) is 9.53. The third-order valence-electron chi connectivity index (χ3n) is 3.27. The molecule has 1 aliphatic carbocycles. The van der Waals surface area contributed by atoms with Crippen LogP contribution in [-0.2, 0) is 0 Å². The van der Waals surface area contributed by atoms with Gasteiger partial charge >= 0.3 is 0 Å². The maximum Gasteiger partial charge on any atom is 0.119 e. The number of aryl methyl sites for hydroxylation is 2. The smallest absolute Gasteiger partial charge is 0.119 e. The summed E-state index contributed by atoms with van der Waals surface area (Å²) < 4.78 is 0. The second-order valence-electron chi connectivity index (χ2n) is 4.33. The van der Waals surface area contributed by atoms with Gasteiger partial charge in [-0.2, -0.15) is 0 Å². The van der Waals surface area contributed by atoms with Crippen LogP contribution in [-0.4, -0.2) is 11.7 Å². The molecule has 0 saturated heterocycles. The minimum atomic E-state index is 0.439. The summed E-state index contributed by atoms with van der Waals surface area (Å²) in [7, 11) is 0. The molecule has 2 heteroatoms. The summed E-state index contributed by atoms with van der Waals surface area (Å²) in [6.45, 7) is 4.83. The number of hydrogen-bond donors (Lipinski definition) is 2. The molecule has 1 aromatic carbocycles. The second-order valence-corrected chi connectivity index (χ2v) is 4.33. The van der Waals surface area contributed by atoms with Gasteiger partial charge in [-0.15, -0.1) is 0 Å². The molecule has 0 unspecified atom stereocenters. The molecule has 0 radical (unpaired) electrons. The van der Waals surface area contributed by atoms with Gasteiger partial charge in [-0.05, 0) is 61.4 Å². The van der Waals surface area contributed by atoms with E-state index >= 15 is 0 Å². The average Bonchev–Trinajstić information content (AvgIpc) is 2.90. The molecule has 0 bridgehead atoms. The second kappa shape index (κ2) is 3.28. The molecule has 2 nitrogen and oxygen atoms in total. The molecule has 0 heterocycles. The fraction of sp³-hybridized carbons (Fsp3) is 0.500. The van der Waals surface area contributed by atoms with Crippen molar-refractivity contribution in [2.75, 3.05) is 6.54 Å². The summed E-state index contributed by atoms with van der Waals surface area (Å²) in [5.41, 5.74) is 9.08. The molecular weight excluding hydrogens is 174 g/mol. The molecule has 14 heavy (non-hydrogen) atoms. The summed E-state index contributed by atoms with van der Waals surface area (Å²) in [5.74, 6) is 1.52. The summed E-state index contributed by atoms with van der Waals surface area (Å²) in [5, 5.41) is 9.80. The number of hydrogen-bond acceptors (Lipinski definition) is 2. The Kier molecular flexibility index (Phi) is 2.23. The van der Waals surface area contributed by atoms with E-state index in [0.717, 1.165) is 24.1 Å². The van der Waals surface area contributed by atoms with Gasteiger partial charge in [-0.1, -0.05) is 6.07 Å². The average molecular weight is 191 g/mol. The Morgan fingerprint density at radius 3 is 2.57 bits per heavy atom. The molecule has 0 aromatic heterocycles. The minimum absolute atomic E-state index is 0.439. The number of rotatable bonds is 2. The largest absolute Gasteiger partial charge is 0.508 e. The lowest BCUT2D eigenvalue weighted by atomic mass is 10.0. The van der Waals surface area contributed by atoms with Gasteiger partial charge < -0.3 is 10.8 Å².